The van der Waals surface area contributed by atoms with Crippen LogP contribution in [-0.2, 0) is 9.59 Å². The van der Waals surface area contributed by atoms with Crippen molar-refractivity contribution in [2.75, 3.05) is 11.9 Å². The maximum Gasteiger partial charge on any atom is 0.252 e. The fraction of sp³-hybridized carbons (Fsp3) is 0.385. The first-order valence-electron chi connectivity index (χ1n) is 6.08. The molecule has 1 saturated heterocycles. The Kier molecular flexibility index (Phi) is 4.62. The molecule has 0 saturated carbocycles. The summed E-state index contributed by atoms with van der Waals surface area (Å²) in [5.41, 5.74) is 0.805. The third-order valence-electron chi connectivity index (χ3n) is 2.95. The molecule has 1 heterocycles. The minimum atomic E-state index is -0.468. The summed E-state index contributed by atoms with van der Waals surface area (Å²) in [5.74, 6) is -0.241. The second-order valence-corrected chi connectivity index (χ2v) is 6.18. The molecule has 0 spiro atoms. The molecule has 1 aromatic rings. The average Bonchev–Trinajstić information content (AvgIpc) is 2.62. The fourth-order valence-electron chi connectivity index (χ4n) is 2.05. The largest absolute Gasteiger partial charge is 0.372 e. The highest BCUT2D eigenvalue weighted by atomic mass is 79.9. The van der Waals surface area contributed by atoms with E-state index in [1.54, 1.807) is 0 Å². The average molecular weight is 390 g/mol. The van der Waals surface area contributed by atoms with Crippen LogP contribution in [0.4, 0.5) is 5.69 Å². The van der Waals surface area contributed by atoms with Crippen LogP contribution < -0.4 is 5.32 Å². The Bertz CT molecular complexity index is 519. The van der Waals surface area contributed by atoms with E-state index in [2.05, 4.69) is 37.2 Å². The van der Waals surface area contributed by atoms with E-state index in [1.807, 2.05) is 25.1 Å². The molecule has 19 heavy (non-hydrogen) atoms. The summed E-state index contributed by atoms with van der Waals surface area (Å²) in [4.78, 5) is 25.2. The van der Waals surface area contributed by atoms with Gasteiger partial charge in [0.15, 0.2) is 0 Å². The molecule has 0 bridgehead atoms. The Morgan fingerprint density at radius 2 is 2.11 bits per heavy atom. The van der Waals surface area contributed by atoms with Gasteiger partial charge in [-0.25, -0.2) is 0 Å². The van der Waals surface area contributed by atoms with E-state index in [1.165, 1.54) is 4.90 Å². The van der Waals surface area contributed by atoms with Gasteiger partial charge in [-0.15, -0.1) is 0 Å². The Balaban J connectivity index is 2.14. The van der Waals surface area contributed by atoms with Gasteiger partial charge in [0.1, 0.15) is 6.04 Å². The molecule has 1 aromatic carbocycles. The Labute approximate surface area is 128 Å². The maximum absolute atomic E-state index is 12.1. The molecule has 1 atom stereocenters. The fourth-order valence-corrected chi connectivity index (χ4v) is 2.77. The predicted octanol–water partition coefficient (Wildman–Crippen LogP) is 3.16. The second kappa shape index (κ2) is 6.05. The molecule has 1 aliphatic rings. The van der Waals surface area contributed by atoms with Gasteiger partial charge >= 0.3 is 0 Å². The summed E-state index contributed by atoms with van der Waals surface area (Å²) in [7, 11) is 0. The normalized spacial score (nSPS) is 19.1. The van der Waals surface area contributed by atoms with E-state index in [9.17, 15) is 9.59 Å². The molecule has 0 aromatic heterocycles. The van der Waals surface area contributed by atoms with Crippen molar-refractivity contribution < 1.29 is 9.59 Å². The van der Waals surface area contributed by atoms with Crippen LogP contribution in [0.3, 0.4) is 0 Å². The molecule has 4 nitrogen and oxygen atoms in total. The van der Waals surface area contributed by atoms with Crippen molar-refractivity contribution in [3.05, 3.63) is 27.1 Å². The monoisotopic (exact) mass is 388 g/mol. The van der Waals surface area contributed by atoms with Crippen LogP contribution in [0.5, 0.6) is 0 Å². The van der Waals surface area contributed by atoms with Crippen molar-refractivity contribution in [1.82, 2.24) is 4.90 Å². The Morgan fingerprint density at radius 1 is 1.37 bits per heavy atom. The lowest BCUT2D eigenvalue weighted by Gasteiger charge is -2.16. The number of anilines is 1. The summed E-state index contributed by atoms with van der Waals surface area (Å²) in [6.45, 7) is 2.45. The highest BCUT2D eigenvalue weighted by molar-refractivity contribution is 9.11. The molecule has 1 N–H and O–H groups in total. The Hall–Kier alpha value is -0.880. The quantitative estimate of drug-likeness (QED) is 0.804. The molecule has 2 amide bonds. The second-order valence-electron chi connectivity index (χ2n) is 4.41. The number of halogens is 2. The zero-order valence-corrected chi connectivity index (χ0v) is 13.6. The molecular weight excluding hydrogens is 376 g/mol. The van der Waals surface area contributed by atoms with Gasteiger partial charge in [0, 0.05) is 15.5 Å². The standard InChI is InChI=1S/C13H14Br2N2O2/c1-2-5-17-12(18)7-11(13(17)19)16-10-6-8(14)3-4-9(10)15/h3-4,6,11,16H,2,5,7H2,1H3. The third kappa shape index (κ3) is 3.17. The number of rotatable bonds is 4. The summed E-state index contributed by atoms with van der Waals surface area (Å²) < 4.78 is 1.78. The first-order chi connectivity index (χ1) is 9.02. The molecule has 1 aliphatic heterocycles. The van der Waals surface area contributed by atoms with Crippen LogP contribution in [0, 0.1) is 0 Å². The van der Waals surface area contributed by atoms with Crippen LogP contribution >= 0.6 is 31.9 Å². The van der Waals surface area contributed by atoms with Gasteiger partial charge in [-0.05, 0) is 40.5 Å². The lowest BCUT2D eigenvalue weighted by Crippen LogP contribution is -2.35. The summed E-state index contributed by atoms with van der Waals surface area (Å²) in [5, 5.41) is 3.13. The van der Waals surface area contributed by atoms with Crippen molar-refractivity contribution in [3.63, 3.8) is 0 Å². The van der Waals surface area contributed by atoms with Crippen molar-refractivity contribution in [2.24, 2.45) is 0 Å². The number of carbonyl (C=O) groups excluding carboxylic acids is 2. The zero-order valence-electron chi connectivity index (χ0n) is 10.5. The molecule has 102 valence electrons. The molecule has 0 aliphatic carbocycles. The van der Waals surface area contributed by atoms with Gasteiger partial charge in [0.25, 0.3) is 5.91 Å². The molecule has 6 heteroatoms. The number of nitrogens with one attached hydrogen (secondary N) is 1. The van der Waals surface area contributed by atoms with Gasteiger partial charge in [0.2, 0.25) is 5.91 Å². The minimum Gasteiger partial charge on any atom is -0.372 e. The number of benzene rings is 1. The molecule has 2 rings (SSSR count). The van der Waals surface area contributed by atoms with Crippen molar-refractivity contribution in [3.8, 4) is 0 Å². The zero-order chi connectivity index (χ0) is 14.0. The van der Waals surface area contributed by atoms with E-state index < -0.39 is 6.04 Å². The Morgan fingerprint density at radius 3 is 2.79 bits per heavy atom. The highest BCUT2D eigenvalue weighted by Crippen LogP contribution is 2.28. The summed E-state index contributed by atoms with van der Waals surface area (Å²) in [6.07, 6.45) is 1.00. The van der Waals surface area contributed by atoms with Gasteiger partial charge in [-0.2, -0.15) is 0 Å². The van der Waals surface area contributed by atoms with Gasteiger partial charge in [-0.1, -0.05) is 22.9 Å². The van der Waals surface area contributed by atoms with Crippen molar-refractivity contribution >= 4 is 49.4 Å². The molecule has 1 fully saturated rings. The van der Waals surface area contributed by atoms with Crippen LogP contribution in [0.15, 0.2) is 27.1 Å². The lowest BCUT2D eigenvalue weighted by atomic mass is 10.2. The minimum absolute atomic E-state index is 0.101. The van der Waals surface area contributed by atoms with Crippen LogP contribution in [0.25, 0.3) is 0 Å². The van der Waals surface area contributed by atoms with E-state index in [0.29, 0.717) is 6.54 Å². The first kappa shape index (κ1) is 14.5. The number of hydrogen-bond acceptors (Lipinski definition) is 3. The van der Waals surface area contributed by atoms with Gasteiger partial charge in [-0.3, -0.25) is 14.5 Å². The maximum atomic E-state index is 12.1. The van der Waals surface area contributed by atoms with Crippen molar-refractivity contribution in [2.45, 2.75) is 25.8 Å². The number of nitrogens with zero attached hydrogens (tertiary/aromatic N) is 1. The van der Waals surface area contributed by atoms with Crippen LogP contribution in [-0.4, -0.2) is 29.3 Å². The SMILES string of the molecule is CCCN1C(=O)CC(Nc2cc(Br)ccc2Br)C1=O. The lowest BCUT2D eigenvalue weighted by molar-refractivity contribution is -0.138. The van der Waals surface area contributed by atoms with Gasteiger partial charge in [0.05, 0.1) is 12.1 Å². The van der Waals surface area contributed by atoms with E-state index in [0.717, 1.165) is 21.1 Å². The van der Waals surface area contributed by atoms with Crippen molar-refractivity contribution in [1.29, 1.82) is 0 Å². The summed E-state index contributed by atoms with van der Waals surface area (Å²) >= 11 is 6.81. The highest BCUT2D eigenvalue weighted by Gasteiger charge is 2.38. The smallest absolute Gasteiger partial charge is 0.252 e. The van der Waals surface area contributed by atoms with Crippen LogP contribution in [0.2, 0.25) is 0 Å². The molecule has 1 unspecified atom stereocenters. The van der Waals surface area contributed by atoms with Gasteiger partial charge < -0.3 is 5.32 Å². The predicted molar refractivity (Wildman–Crippen MR) is 80.9 cm³/mol. The number of carbonyl (C=O) groups is 2. The van der Waals surface area contributed by atoms with E-state index in [4.69, 9.17) is 0 Å². The van der Waals surface area contributed by atoms with Crippen LogP contribution in [0.1, 0.15) is 19.8 Å². The number of likely N-dealkylation sites (tertiary alicyclic amines) is 1. The van der Waals surface area contributed by atoms with E-state index >= 15 is 0 Å². The molecular formula is C13H14Br2N2O2. The number of imide groups is 1. The number of amides is 2. The first-order valence-corrected chi connectivity index (χ1v) is 7.67. The summed E-state index contributed by atoms with van der Waals surface area (Å²) in [6, 6.07) is 5.20. The molecule has 0 radical (unpaired) electrons. The number of hydrogen-bond donors (Lipinski definition) is 1. The third-order valence-corrected chi connectivity index (χ3v) is 4.13. The topological polar surface area (TPSA) is 49.4 Å². The van der Waals surface area contributed by atoms with E-state index in [-0.39, 0.29) is 18.2 Å².